The largest absolute Gasteiger partial charge is 0.472 e. The zero-order valence-electron chi connectivity index (χ0n) is 66.9. The molecule has 0 aromatic rings. The predicted molar refractivity (Wildman–Crippen MR) is 418 cm³/mol. The Labute approximate surface area is 626 Å². The van der Waals surface area contributed by atoms with Gasteiger partial charge in [0.25, 0.3) is 0 Å². The van der Waals surface area contributed by atoms with Crippen LogP contribution in [0.2, 0.25) is 0 Å². The topological polar surface area (TPSA) is 237 Å². The summed E-state index contributed by atoms with van der Waals surface area (Å²) in [5.74, 6) is -0.492. The van der Waals surface area contributed by atoms with Crippen molar-refractivity contribution in [2.24, 2.45) is 11.8 Å². The molecule has 0 spiro atoms. The molecular weight excluding hydrogens is 1330 g/mol. The lowest BCUT2D eigenvalue weighted by Crippen LogP contribution is -2.30. The molecule has 0 saturated carbocycles. The molecule has 0 heterocycles. The third-order valence-electron chi connectivity index (χ3n) is 19.8. The number of rotatable bonds is 82. The van der Waals surface area contributed by atoms with E-state index in [0.29, 0.717) is 25.7 Å². The number of phosphoric ester groups is 2. The minimum Gasteiger partial charge on any atom is -0.462 e. The van der Waals surface area contributed by atoms with Crippen molar-refractivity contribution >= 4 is 39.5 Å². The first-order valence-corrected chi connectivity index (χ1v) is 46.0. The Morgan fingerprint density at radius 2 is 0.500 bits per heavy atom. The Kier molecular flexibility index (Phi) is 73.1. The number of carbonyl (C=O) groups is 4. The molecule has 0 aromatic heterocycles. The van der Waals surface area contributed by atoms with E-state index in [1.807, 2.05) is 0 Å². The molecule has 6 atom stereocenters. The fourth-order valence-electron chi connectivity index (χ4n) is 12.9. The Bertz CT molecular complexity index is 1960. The van der Waals surface area contributed by atoms with Crippen molar-refractivity contribution in [3.63, 3.8) is 0 Å². The first kappa shape index (κ1) is 100. The molecule has 0 bridgehead atoms. The average Bonchev–Trinajstić information content (AvgIpc) is 0.919. The molecule has 3 unspecified atom stereocenters. The number of ether oxygens (including phenoxy) is 4. The normalized spacial score (nSPS) is 14.1. The molecule has 0 aliphatic carbocycles. The van der Waals surface area contributed by atoms with Gasteiger partial charge in [0.05, 0.1) is 26.4 Å². The highest BCUT2D eigenvalue weighted by Crippen LogP contribution is 2.45. The van der Waals surface area contributed by atoms with Crippen molar-refractivity contribution in [1.29, 1.82) is 0 Å². The van der Waals surface area contributed by atoms with Gasteiger partial charge in [-0.2, -0.15) is 0 Å². The van der Waals surface area contributed by atoms with Gasteiger partial charge in [-0.1, -0.05) is 388 Å². The SMILES string of the molecule is CCCCCCCCCCCCCCCCCCCCCCCC(=O)O[C@H](COC(=O)CCCCCCCCCCCCCCCCC(C)CC)COP(=O)(O)OC[C@@H](O)COP(=O)(O)OC[C@@H](COC(=O)CCCCCCCCCCC)OC(=O)CCCCCCCCCCCCCC(C)C. The van der Waals surface area contributed by atoms with E-state index >= 15 is 0 Å². The highest BCUT2D eigenvalue weighted by molar-refractivity contribution is 7.47. The van der Waals surface area contributed by atoms with Gasteiger partial charge in [0.1, 0.15) is 19.3 Å². The zero-order valence-corrected chi connectivity index (χ0v) is 68.7. The lowest BCUT2D eigenvalue weighted by molar-refractivity contribution is -0.161. The van der Waals surface area contributed by atoms with Gasteiger partial charge in [0.15, 0.2) is 12.2 Å². The molecule has 0 aliphatic heterocycles. The van der Waals surface area contributed by atoms with Crippen LogP contribution in [0, 0.1) is 11.8 Å². The van der Waals surface area contributed by atoms with Gasteiger partial charge in [0, 0.05) is 25.7 Å². The van der Waals surface area contributed by atoms with Crippen LogP contribution in [0.15, 0.2) is 0 Å². The summed E-state index contributed by atoms with van der Waals surface area (Å²) in [6.45, 7) is 9.68. The molecule has 0 aromatic carbocycles. The third-order valence-corrected chi connectivity index (χ3v) is 21.7. The highest BCUT2D eigenvalue weighted by Gasteiger charge is 2.30. The number of hydrogen-bond acceptors (Lipinski definition) is 15. The van der Waals surface area contributed by atoms with Gasteiger partial charge in [-0.3, -0.25) is 37.3 Å². The van der Waals surface area contributed by atoms with Crippen LogP contribution in [0.3, 0.4) is 0 Å². The van der Waals surface area contributed by atoms with Gasteiger partial charge in [-0.15, -0.1) is 0 Å². The molecule has 0 radical (unpaired) electrons. The number of carbonyl (C=O) groups excluding carboxylic acids is 4. The quantitative estimate of drug-likeness (QED) is 0.0222. The van der Waals surface area contributed by atoms with E-state index in [4.69, 9.17) is 37.0 Å². The van der Waals surface area contributed by atoms with E-state index in [0.717, 1.165) is 102 Å². The monoisotopic (exact) mass is 1490 g/mol. The Hall–Kier alpha value is -1.94. The second-order valence-electron chi connectivity index (χ2n) is 30.6. The molecule has 102 heavy (non-hydrogen) atoms. The molecule has 0 aliphatic rings. The predicted octanol–water partition coefficient (Wildman–Crippen LogP) is 25.1. The highest BCUT2D eigenvalue weighted by atomic mass is 31.2. The maximum Gasteiger partial charge on any atom is 0.472 e. The van der Waals surface area contributed by atoms with E-state index in [2.05, 4.69) is 41.5 Å². The van der Waals surface area contributed by atoms with Crippen molar-refractivity contribution in [3.05, 3.63) is 0 Å². The summed E-state index contributed by atoms with van der Waals surface area (Å²) in [7, 11) is -9.92. The lowest BCUT2D eigenvalue weighted by Gasteiger charge is -2.21. The molecule has 3 N–H and O–H groups in total. The van der Waals surface area contributed by atoms with E-state index in [1.54, 1.807) is 0 Å². The lowest BCUT2D eigenvalue weighted by atomic mass is 9.99. The number of phosphoric acid groups is 2. The fourth-order valence-corrected chi connectivity index (χ4v) is 14.4. The maximum atomic E-state index is 13.1. The van der Waals surface area contributed by atoms with Gasteiger partial charge >= 0.3 is 39.5 Å². The molecule has 19 heteroatoms. The number of unbranched alkanes of at least 4 members (excludes halogenated alkanes) is 51. The second kappa shape index (κ2) is 74.5. The van der Waals surface area contributed by atoms with Crippen LogP contribution >= 0.6 is 15.6 Å². The summed E-state index contributed by atoms with van der Waals surface area (Å²) in [6.07, 6.45) is 65.2. The summed E-state index contributed by atoms with van der Waals surface area (Å²) in [6, 6.07) is 0. The zero-order chi connectivity index (χ0) is 74.9. The van der Waals surface area contributed by atoms with Crippen molar-refractivity contribution in [1.82, 2.24) is 0 Å². The number of esters is 4. The Morgan fingerprint density at radius 1 is 0.284 bits per heavy atom. The number of hydrogen-bond donors (Lipinski definition) is 3. The molecule has 17 nitrogen and oxygen atoms in total. The smallest absolute Gasteiger partial charge is 0.462 e. The van der Waals surface area contributed by atoms with Crippen LogP contribution in [-0.2, 0) is 65.4 Å². The summed E-state index contributed by atoms with van der Waals surface area (Å²) < 4.78 is 68.7. The standard InChI is InChI=1S/C83H162O17P2/c1-7-10-12-14-16-18-19-20-21-22-23-24-25-26-27-32-37-43-49-55-61-67-82(87)100-79(72-94-81(86)66-60-54-48-42-36-31-29-28-30-35-41-46-52-58-64-76(6)9-3)74-98-102(91,92)96-70-77(84)69-95-101(89,90)97-73-78(71-93-80(85)65-59-53-47-39-17-15-13-11-8-2)99-83(88)68-62-56-50-44-38-33-34-40-45-51-57-63-75(4)5/h75-79,84H,7-74H2,1-6H3,(H,89,90)(H,91,92)/t76?,77-,78+,79+/m0/s1. The van der Waals surface area contributed by atoms with Crippen molar-refractivity contribution in [2.75, 3.05) is 39.6 Å². The molecule has 0 rings (SSSR count). The molecule has 0 fully saturated rings. The van der Waals surface area contributed by atoms with E-state index in [-0.39, 0.29) is 25.7 Å². The fraction of sp³-hybridized carbons (Fsp3) is 0.952. The summed E-state index contributed by atoms with van der Waals surface area (Å²) in [5, 5.41) is 10.6. The van der Waals surface area contributed by atoms with Gasteiger partial charge < -0.3 is 33.8 Å². The average molecular weight is 1490 g/mol. The Morgan fingerprint density at radius 3 is 0.745 bits per heavy atom. The molecule has 0 amide bonds. The number of aliphatic hydroxyl groups excluding tert-OH is 1. The molecular formula is C83H162O17P2. The maximum absolute atomic E-state index is 13.1. The second-order valence-corrected chi connectivity index (χ2v) is 33.5. The molecule has 0 saturated heterocycles. The van der Waals surface area contributed by atoms with Crippen LogP contribution < -0.4 is 0 Å². The first-order chi connectivity index (χ1) is 49.4. The summed E-state index contributed by atoms with van der Waals surface area (Å²) in [4.78, 5) is 73.0. The minimum atomic E-state index is -4.96. The van der Waals surface area contributed by atoms with E-state index < -0.39 is 97.5 Å². The van der Waals surface area contributed by atoms with Gasteiger partial charge in [-0.05, 0) is 37.5 Å². The minimum absolute atomic E-state index is 0.107. The Balaban J connectivity index is 5.21. The van der Waals surface area contributed by atoms with E-state index in [1.165, 1.54) is 257 Å². The summed E-state index contributed by atoms with van der Waals surface area (Å²) >= 11 is 0. The van der Waals surface area contributed by atoms with Crippen LogP contribution in [0.4, 0.5) is 0 Å². The van der Waals surface area contributed by atoms with Crippen LogP contribution in [0.5, 0.6) is 0 Å². The number of aliphatic hydroxyl groups is 1. The third kappa shape index (κ3) is 74.9. The molecule has 606 valence electrons. The van der Waals surface area contributed by atoms with Crippen molar-refractivity contribution in [3.8, 4) is 0 Å². The van der Waals surface area contributed by atoms with Crippen LogP contribution in [-0.4, -0.2) is 96.7 Å². The van der Waals surface area contributed by atoms with Crippen molar-refractivity contribution in [2.45, 2.75) is 458 Å². The van der Waals surface area contributed by atoms with E-state index in [9.17, 15) is 43.2 Å². The van der Waals surface area contributed by atoms with Gasteiger partial charge in [0.2, 0.25) is 0 Å². The van der Waals surface area contributed by atoms with Gasteiger partial charge in [-0.25, -0.2) is 9.13 Å². The summed E-state index contributed by atoms with van der Waals surface area (Å²) in [5.41, 5.74) is 0. The van der Waals surface area contributed by atoms with Crippen LogP contribution in [0.1, 0.15) is 440 Å². The first-order valence-electron chi connectivity index (χ1n) is 43.0. The van der Waals surface area contributed by atoms with Crippen LogP contribution in [0.25, 0.3) is 0 Å². The van der Waals surface area contributed by atoms with Crippen molar-refractivity contribution < 1.29 is 80.2 Å².